The van der Waals surface area contributed by atoms with Crippen molar-refractivity contribution in [2.24, 2.45) is 11.8 Å². The lowest BCUT2D eigenvalue weighted by molar-refractivity contribution is -0.0959. The highest BCUT2D eigenvalue weighted by Gasteiger charge is 2.32. The maximum Gasteiger partial charge on any atom is 0.0603 e. The van der Waals surface area contributed by atoms with Crippen LogP contribution in [-0.2, 0) is 4.74 Å². The van der Waals surface area contributed by atoms with Crippen LogP contribution in [0.15, 0.2) is 0 Å². The van der Waals surface area contributed by atoms with Gasteiger partial charge in [-0.15, -0.1) is 0 Å². The Bertz CT molecular complexity index is 215. The quantitative estimate of drug-likeness (QED) is 0.730. The van der Waals surface area contributed by atoms with E-state index in [4.69, 9.17) is 4.74 Å². The number of nitrogens with zero attached hydrogens (tertiary/aromatic N) is 1. The third kappa shape index (κ3) is 3.96. The second-order valence-electron chi connectivity index (χ2n) is 6.36. The molecule has 0 amide bonds. The third-order valence-electron chi connectivity index (χ3n) is 4.36. The minimum Gasteiger partial charge on any atom is -0.375 e. The molecule has 0 radical (unpaired) electrons. The molecule has 2 rings (SSSR count). The number of likely N-dealkylation sites (tertiary alicyclic amines) is 1. The third-order valence-corrected chi connectivity index (χ3v) is 4.36. The van der Waals surface area contributed by atoms with Crippen molar-refractivity contribution in [1.29, 1.82) is 0 Å². The predicted molar refractivity (Wildman–Crippen MR) is 72.2 cm³/mol. The standard InChI is InChI=1S/C15H29NO/c1-4-16-7-5-14(6-8-16)17-15-10-13(11-15)9-12(2)3/h12-15H,4-11H2,1-3H3. The van der Waals surface area contributed by atoms with E-state index in [9.17, 15) is 0 Å². The van der Waals surface area contributed by atoms with E-state index in [1.807, 2.05) is 0 Å². The van der Waals surface area contributed by atoms with Crippen LogP contribution in [0.5, 0.6) is 0 Å². The van der Waals surface area contributed by atoms with E-state index >= 15 is 0 Å². The highest BCUT2D eigenvalue weighted by Crippen LogP contribution is 2.36. The second-order valence-corrected chi connectivity index (χ2v) is 6.36. The Kier molecular flexibility index (Phi) is 4.87. The van der Waals surface area contributed by atoms with E-state index in [1.165, 1.54) is 51.7 Å². The van der Waals surface area contributed by atoms with E-state index < -0.39 is 0 Å². The molecule has 2 aliphatic rings. The fourth-order valence-corrected chi connectivity index (χ4v) is 3.28. The summed E-state index contributed by atoms with van der Waals surface area (Å²) in [7, 11) is 0. The molecule has 0 aromatic rings. The van der Waals surface area contributed by atoms with Gasteiger partial charge in [-0.2, -0.15) is 0 Å². The molecule has 1 aliphatic heterocycles. The molecule has 0 spiro atoms. The van der Waals surface area contributed by atoms with Gasteiger partial charge in [-0.05, 0) is 50.5 Å². The molecule has 0 atom stereocenters. The highest BCUT2D eigenvalue weighted by molar-refractivity contribution is 4.83. The second kappa shape index (κ2) is 6.19. The minimum atomic E-state index is 0.558. The Labute approximate surface area is 107 Å². The molecule has 17 heavy (non-hydrogen) atoms. The van der Waals surface area contributed by atoms with Gasteiger partial charge < -0.3 is 9.64 Å². The predicted octanol–water partition coefficient (Wildman–Crippen LogP) is 3.31. The summed E-state index contributed by atoms with van der Waals surface area (Å²) < 4.78 is 6.21. The fourth-order valence-electron chi connectivity index (χ4n) is 3.28. The van der Waals surface area contributed by atoms with E-state index in [-0.39, 0.29) is 0 Å². The Morgan fingerprint density at radius 2 is 1.76 bits per heavy atom. The number of rotatable bonds is 5. The Balaban J connectivity index is 1.58. The van der Waals surface area contributed by atoms with Crippen molar-refractivity contribution >= 4 is 0 Å². The molecule has 2 nitrogen and oxygen atoms in total. The van der Waals surface area contributed by atoms with Gasteiger partial charge >= 0.3 is 0 Å². The summed E-state index contributed by atoms with van der Waals surface area (Å²) in [4.78, 5) is 2.53. The number of hydrogen-bond donors (Lipinski definition) is 0. The summed E-state index contributed by atoms with van der Waals surface area (Å²) in [6, 6.07) is 0. The number of piperidine rings is 1. The van der Waals surface area contributed by atoms with Gasteiger partial charge in [-0.3, -0.25) is 0 Å². The molecule has 2 heteroatoms. The van der Waals surface area contributed by atoms with Gasteiger partial charge in [0, 0.05) is 13.1 Å². The maximum absolute atomic E-state index is 6.21. The van der Waals surface area contributed by atoms with Gasteiger partial charge in [-0.1, -0.05) is 20.8 Å². The summed E-state index contributed by atoms with van der Waals surface area (Å²) >= 11 is 0. The average Bonchev–Trinajstić information content (AvgIpc) is 2.26. The Hall–Kier alpha value is -0.0800. The molecule has 0 N–H and O–H groups in total. The summed E-state index contributed by atoms with van der Waals surface area (Å²) in [5, 5.41) is 0. The van der Waals surface area contributed by atoms with Crippen LogP contribution in [0.1, 0.15) is 52.9 Å². The van der Waals surface area contributed by atoms with Gasteiger partial charge in [0.05, 0.1) is 12.2 Å². The van der Waals surface area contributed by atoms with Crippen molar-refractivity contribution in [3.8, 4) is 0 Å². The smallest absolute Gasteiger partial charge is 0.0603 e. The monoisotopic (exact) mass is 239 g/mol. The molecular weight excluding hydrogens is 210 g/mol. The van der Waals surface area contributed by atoms with E-state index in [2.05, 4.69) is 25.7 Å². The molecule has 1 saturated carbocycles. The number of ether oxygens (including phenoxy) is 1. The maximum atomic E-state index is 6.21. The van der Waals surface area contributed by atoms with E-state index in [1.54, 1.807) is 0 Å². The molecule has 0 aromatic carbocycles. The van der Waals surface area contributed by atoms with Gasteiger partial charge in [0.15, 0.2) is 0 Å². The molecule has 0 bridgehead atoms. The van der Waals surface area contributed by atoms with Gasteiger partial charge in [0.1, 0.15) is 0 Å². The first kappa shape index (κ1) is 13.4. The Morgan fingerprint density at radius 3 is 2.29 bits per heavy atom. The average molecular weight is 239 g/mol. The fraction of sp³-hybridized carbons (Fsp3) is 1.00. The number of hydrogen-bond acceptors (Lipinski definition) is 2. The van der Waals surface area contributed by atoms with Gasteiger partial charge in [-0.25, -0.2) is 0 Å². The van der Waals surface area contributed by atoms with Crippen molar-refractivity contribution in [2.75, 3.05) is 19.6 Å². The van der Waals surface area contributed by atoms with Crippen molar-refractivity contribution in [2.45, 2.75) is 65.1 Å². The van der Waals surface area contributed by atoms with Crippen LogP contribution in [0.3, 0.4) is 0 Å². The van der Waals surface area contributed by atoms with Crippen LogP contribution in [0.2, 0.25) is 0 Å². The summed E-state index contributed by atoms with van der Waals surface area (Å²) in [5.41, 5.74) is 0. The van der Waals surface area contributed by atoms with E-state index in [0.717, 1.165) is 11.8 Å². The normalized spacial score (nSPS) is 31.8. The van der Waals surface area contributed by atoms with Crippen LogP contribution in [-0.4, -0.2) is 36.7 Å². The topological polar surface area (TPSA) is 12.5 Å². The molecule has 1 aliphatic carbocycles. The van der Waals surface area contributed by atoms with Crippen LogP contribution in [0, 0.1) is 11.8 Å². The van der Waals surface area contributed by atoms with E-state index in [0.29, 0.717) is 12.2 Å². The SMILES string of the molecule is CCN1CCC(OC2CC(CC(C)C)C2)CC1. The molecule has 100 valence electrons. The molecular formula is C15H29NO. The Morgan fingerprint density at radius 1 is 1.12 bits per heavy atom. The zero-order valence-electron chi connectivity index (χ0n) is 11.8. The van der Waals surface area contributed by atoms with Crippen molar-refractivity contribution < 1.29 is 4.74 Å². The van der Waals surface area contributed by atoms with Crippen molar-refractivity contribution in [3.63, 3.8) is 0 Å². The van der Waals surface area contributed by atoms with Gasteiger partial charge in [0.2, 0.25) is 0 Å². The van der Waals surface area contributed by atoms with Crippen LogP contribution < -0.4 is 0 Å². The summed E-state index contributed by atoms with van der Waals surface area (Å²) in [6.07, 6.45) is 7.70. The lowest BCUT2D eigenvalue weighted by Gasteiger charge is -2.40. The van der Waals surface area contributed by atoms with Crippen LogP contribution in [0.25, 0.3) is 0 Å². The zero-order chi connectivity index (χ0) is 12.3. The zero-order valence-corrected chi connectivity index (χ0v) is 11.8. The van der Waals surface area contributed by atoms with Crippen molar-refractivity contribution in [3.05, 3.63) is 0 Å². The molecule has 0 unspecified atom stereocenters. The lowest BCUT2D eigenvalue weighted by atomic mass is 9.77. The lowest BCUT2D eigenvalue weighted by Crippen LogP contribution is -2.41. The first-order valence-corrected chi connectivity index (χ1v) is 7.55. The first-order chi connectivity index (χ1) is 8.17. The molecule has 2 fully saturated rings. The summed E-state index contributed by atoms with van der Waals surface area (Å²) in [5.74, 6) is 1.81. The molecule has 0 aromatic heterocycles. The summed E-state index contributed by atoms with van der Waals surface area (Å²) in [6.45, 7) is 10.6. The van der Waals surface area contributed by atoms with Crippen LogP contribution in [0.4, 0.5) is 0 Å². The minimum absolute atomic E-state index is 0.558. The van der Waals surface area contributed by atoms with Crippen molar-refractivity contribution in [1.82, 2.24) is 4.90 Å². The largest absolute Gasteiger partial charge is 0.375 e. The van der Waals surface area contributed by atoms with Crippen LogP contribution >= 0.6 is 0 Å². The van der Waals surface area contributed by atoms with Gasteiger partial charge in [0.25, 0.3) is 0 Å². The first-order valence-electron chi connectivity index (χ1n) is 7.55. The molecule has 1 saturated heterocycles. The highest BCUT2D eigenvalue weighted by atomic mass is 16.5. The molecule has 1 heterocycles.